The lowest BCUT2D eigenvalue weighted by Crippen LogP contribution is -1.97. The maximum atomic E-state index is 10.9. The zero-order valence-corrected chi connectivity index (χ0v) is 11.0. The quantitative estimate of drug-likeness (QED) is 0.877. The maximum absolute atomic E-state index is 10.9. The number of aromatic nitrogens is 2. The smallest absolute Gasteiger partial charge is 0.353 e. The van der Waals surface area contributed by atoms with Crippen LogP contribution in [0.1, 0.15) is 22.5 Å². The van der Waals surface area contributed by atoms with Gasteiger partial charge in [0.25, 0.3) is 0 Å². The van der Waals surface area contributed by atoms with Gasteiger partial charge in [-0.15, -0.1) is 0 Å². The normalized spacial score (nSPS) is 13.8. The van der Waals surface area contributed by atoms with Gasteiger partial charge in [-0.2, -0.15) is 5.10 Å². The van der Waals surface area contributed by atoms with Crippen molar-refractivity contribution in [3.63, 3.8) is 0 Å². The molecule has 1 aliphatic heterocycles. The summed E-state index contributed by atoms with van der Waals surface area (Å²) in [4.78, 5) is 10.9. The summed E-state index contributed by atoms with van der Waals surface area (Å²) in [5.41, 5.74) is 2.43. The van der Waals surface area contributed by atoms with E-state index in [1.807, 2.05) is 19.1 Å². The minimum absolute atomic E-state index is 0.0616. The highest BCUT2D eigenvalue weighted by Gasteiger charge is 2.16. The number of nitrogens with zero attached hydrogens (tertiary/aromatic N) is 1. The predicted molar refractivity (Wildman–Crippen MR) is 71.3 cm³/mol. The van der Waals surface area contributed by atoms with Crippen molar-refractivity contribution in [1.29, 1.82) is 0 Å². The highest BCUT2D eigenvalue weighted by atomic mass is 16.5. The lowest BCUT2D eigenvalue weighted by atomic mass is 10.0. The van der Waals surface area contributed by atoms with E-state index in [-0.39, 0.29) is 5.69 Å². The summed E-state index contributed by atoms with van der Waals surface area (Å²) in [5.74, 6) is 0.358. The summed E-state index contributed by atoms with van der Waals surface area (Å²) in [5, 5.41) is 15.5. The molecule has 6 nitrogen and oxygen atoms in total. The Bertz CT molecular complexity index is 663. The summed E-state index contributed by atoms with van der Waals surface area (Å²) >= 11 is 0. The van der Waals surface area contributed by atoms with Crippen LogP contribution in [0.2, 0.25) is 0 Å². The Morgan fingerprint density at radius 2 is 1.95 bits per heavy atom. The second-order valence-corrected chi connectivity index (χ2v) is 4.64. The largest absolute Gasteiger partial charge is 0.490 e. The van der Waals surface area contributed by atoms with Crippen molar-refractivity contribution in [3.05, 3.63) is 29.5 Å². The molecule has 104 valence electrons. The molecule has 0 radical (unpaired) electrons. The van der Waals surface area contributed by atoms with Gasteiger partial charge < -0.3 is 14.6 Å². The van der Waals surface area contributed by atoms with Crippen LogP contribution in [0.4, 0.5) is 0 Å². The van der Waals surface area contributed by atoms with E-state index in [2.05, 4.69) is 10.2 Å². The number of aromatic carboxylic acids is 1. The van der Waals surface area contributed by atoms with Gasteiger partial charge in [-0.05, 0) is 30.7 Å². The number of H-pyrrole nitrogens is 1. The standard InChI is InChI=1S/C14H14N2O4/c1-8-5-12-13(20-4-2-3-19-12)6-9(8)10-7-11(14(17)18)16-15-10/h5-7H,2-4H2,1H3,(H,15,16)(H,17,18). The number of nitrogens with one attached hydrogen (secondary N) is 1. The van der Waals surface area contributed by atoms with Crippen LogP contribution in [0, 0.1) is 6.92 Å². The first-order chi connectivity index (χ1) is 9.65. The predicted octanol–water partition coefficient (Wildman–Crippen LogP) is 2.24. The highest BCUT2D eigenvalue weighted by molar-refractivity contribution is 5.87. The molecule has 6 heteroatoms. The molecule has 0 aliphatic carbocycles. The fraction of sp³-hybridized carbons (Fsp3) is 0.286. The van der Waals surface area contributed by atoms with E-state index >= 15 is 0 Å². The summed E-state index contributed by atoms with van der Waals surface area (Å²) < 4.78 is 11.3. The summed E-state index contributed by atoms with van der Waals surface area (Å²) in [6.45, 7) is 3.17. The average Bonchev–Trinajstić information content (AvgIpc) is 2.79. The van der Waals surface area contributed by atoms with Crippen molar-refractivity contribution in [1.82, 2.24) is 10.2 Å². The van der Waals surface area contributed by atoms with E-state index in [9.17, 15) is 4.79 Å². The third-order valence-corrected chi connectivity index (χ3v) is 3.18. The van der Waals surface area contributed by atoms with E-state index in [0.29, 0.717) is 24.7 Å². The Labute approximate surface area is 115 Å². The molecule has 0 saturated heterocycles. The number of carboxylic acids is 1. The molecule has 0 atom stereocenters. The number of carboxylic acid groups (broad SMARTS) is 1. The van der Waals surface area contributed by atoms with E-state index in [1.165, 1.54) is 6.07 Å². The van der Waals surface area contributed by atoms with E-state index < -0.39 is 5.97 Å². The first kappa shape index (κ1) is 12.5. The Balaban J connectivity index is 2.04. The van der Waals surface area contributed by atoms with Crippen LogP contribution in [0.3, 0.4) is 0 Å². The molecule has 0 saturated carbocycles. The number of carbonyl (C=O) groups is 1. The third-order valence-electron chi connectivity index (χ3n) is 3.18. The first-order valence-electron chi connectivity index (χ1n) is 6.34. The monoisotopic (exact) mass is 274 g/mol. The molecule has 0 spiro atoms. The summed E-state index contributed by atoms with van der Waals surface area (Å²) in [6, 6.07) is 5.25. The molecule has 2 N–H and O–H groups in total. The number of ether oxygens (including phenoxy) is 2. The molecule has 0 fully saturated rings. The second-order valence-electron chi connectivity index (χ2n) is 4.64. The number of fused-ring (bicyclic) bond motifs is 1. The number of aromatic amines is 1. The second kappa shape index (κ2) is 4.88. The van der Waals surface area contributed by atoms with Crippen LogP contribution in [0.25, 0.3) is 11.3 Å². The maximum Gasteiger partial charge on any atom is 0.353 e. The van der Waals surface area contributed by atoms with Gasteiger partial charge in [-0.3, -0.25) is 5.10 Å². The molecule has 2 aromatic rings. The van der Waals surface area contributed by atoms with Crippen LogP contribution in [0.5, 0.6) is 11.5 Å². The SMILES string of the molecule is Cc1cc2c(cc1-c1cc(C(=O)O)[nH]n1)OCCCO2. The molecule has 1 aromatic heterocycles. The van der Waals surface area contributed by atoms with Gasteiger partial charge in [0.1, 0.15) is 5.69 Å². The number of rotatable bonds is 2. The lowest BCUT2D eigenvalue weighted by Gasteiger charge is -2.11. The van der Waals surface area contributed by atoms with E-state index in [4.69, 9.17) is 14.6 Å². The van der Waals surface area contributed by atoms with Crippen LogP contribution in [-0.4, -0.2) is 34.5 Å². The molecule has 1 aliphatic rings. The fourth-order valence-electron chi connectivity index (χ4n) is 2.16. The van der Waals surface area contributed by atoms with E-state index in [0.717, 1.165) is 23.3 Å². The molecular weight excluding hydrogens is 260 g/mol. The molecule has 0 bridgehead atoms. The third kappa shape index (κ3) is 2.20. The first-order valence-corrected chi connectivity index (χ1v) is 6.34. The van der Waals surface area contributed by atoms with Gasteiger partial charge in [0, 0.05) is 12.0 Å². The van der Waals surface area contributed by atoms with Crippen molar-refractivity contribution in [2.24, 2.45) is 0 Å². The van der Waals surface area contributed by atoms with Crippen molar-refractivity contribution in [2.45, 2.75) is 13.3 Å². The highest BCUT2D eigenvalue weighted by Crippen LogP contribution is 2.36. The molecule has 3 rings (SSSR count). The Morgan fingerprint density at radius 3 is 2.60 bits per heavy atom. The van der Waals surface area contributed by atoms with Gasteiger partial charge >= 0.3 is 5.97 Å². The van der Waals surface area contributed by atoms with Crippen LogP contribution >= 0.6 is 0 Å². The van der Waals surface area contributed by atoms with Gasteiger partial charge in [-0.25, -0.2) is 4.79 Å². The fourth-order valence-corrected chi connectivity index (χ4v) is 2.16. The Hall–Kier alpha value is -2.50. The molecular formula is C14H14N2O4. The average molecular weight is 274 g/mol. The molecule has 0 amide bonds. The number of aryl methyl sites for hydroxylation is 1. The van der Waals surface area contributed by atoms with Crippen molar-refractivity contribution >= 4 is 5.97 Å². The zero-order chi connectivity index (χ0) is 14.1. The Kier molecular flexibility index (Phi) is 3.06. The van der Waals surface area contributed by atoms with Crippen molar-refractivity contribution in [3.8, 4) is 22.8 Å². The van der Waals surface area contributed by atoms with Crippen LogP contribution in [0.15, 0.2) is 18.2 Å². The number of hydrogen-bond donors (Lipinski definition) is 2. The van der Waals surface area contributed by atoms with Crippen molar-refractivity contribution < 1.29 is 19.4 Å². The van der Waals surface area contributed by atoms with Gasteiger partial charge in [0.15, 0.2) is 11.5 Å². The summed E-state index contributed by atoms with van der Waals surface area (Å²) in [6.07, 6.45) is 0.842. The molecule has 1 aromatic carbocycles. The summed E-state index contributed by atoms with van der Waals surface area (Å²) in [7, 11) is 0. The lowest BCUT2D eigenvalue weighted by molar-refractivity contribution is 0.0690. The van der Waals surface area contributed by atoms with Crippen LogP contribution in [-0.2, 0) is 0 Å². The van der Waals surface area contributed by atoms with E-state index in [1.54, 1.807) is 0 Å². The van der Waals surface area contributed by atoms with Gasteiger partial charge in [0.05, 0.1) is 18.9 Å². The molecule has 20 heavy (non-hydrogen) atoms. The number of benzene rings is 1. The minimum Gasteiger partial charge on any atom is -0.490 e. The zero-order valence-electron chi connectivity index (χ0n) is 11.0. The number of hydrogen-bond acceptors (Lipinski definition) is 4. The Morgan fingerprint density at radius 1 is 1.25 bits per heavy atom. The van der Waals surface area contributed by atoms with Crippen LogP contribution < -0.4 is 9.47 Å². The van der Waals surface area contributed by atoms with Gasteiger partial charge in [0.2, 0.25) is 0 Å². The molecule has 0 unspecified atom stereocenters. The van der Waals surface area contributed by atoms with Gasteiger partial charge in [-0.1, -0.05) is 0 Å². The topological polar surface area (TPSA) is 84.4 Å². The van der Waals surface area contributed by atoms with Crippen molar-refractivity contribution in [2.75, 3.05) is 13.2 Å². The minimum atomic E-state index is -1.03. The molecule has 2 heterocycles.